The molecule has 108 valence electrons. The summed E-state index contributed by atoms with van der Waals surface area (Å²) in [5, 5.41) is 0. The zero-order valence-corrected chi connectivity index (χ0v) is 12.1. The van der Waals surface area contributed by atoms with E-state index < -0.39 is 0 Å². The Bertz CT molecular complexity index is 790. The van der Waals surface area contributed by atoms with Crippen molar-refractivity contribution in [3.63, 3.8) is 0 Å². The number of methoxy groups -OCH3 is 1. The van der Waals surface area contributed by atoms with Crippen LogP contribution in [0, 0.1) is 11.8 Å². The molecule has 1 aliphatic rings. The molecule has 0 unspecified atom stereocenters. The van der Waals surface area contributed by atoms with Gasteiger partial charge in [-0.05, 0) is 42.5 Å². The van der Waals surface area contributed by atoms with Crippen LogP contribution < -0.4 is 9.47 Å². The van der Waals surface area contributed by atoms with E-state index in [1.807, 2.05) is 48.5 Å². The van der Waals surface area contributed by atoms with Crippen LogP contribution in [0.2, 0.25) is 0 Å². The van der Waals surface area contributed by atoms with Crippen molar-refractivity contribution in [2.75, 3.05) is 13.7 Å². The Kier molecular flexibility index (Phi) is 3.93. The first-order valence-electron chi connectivity index (χ1n) is 6.87. The molecule has 22 heavy (non-hydrogen) atoms. The van der Waals surface area contributed by atoms with E-state index in [-0.39, 0.29) is 0 Å². The molecule has 3 nitrogen and oxygen atoms in total. The van der Waals surface area contributed by atoms with Crippen LogP contribution in [0.25, 0.3) is 6.08 Å². The van der Waals surface area contributed by atoms with Crippen LogP contribution in [-0.2, 0) is 4.79 Å². The van der Waals surface area contributed by atoms with E-state index in [2.05, 4.69) is 11.8 Å². The predicted molar refractivity (Wildman–Crippen MR) is 85.0 cm³/mol. The largest absolute Gasteiger partial charge is 0.497 e. The smallest absolute Gasteiger partial charge is 0.149 e. The van der Waals surface area contributed by atoms with Crippen molar-refractivity contribution >= 4 is 12.4 Å². The van der Waals surface area contributed by atoms with Crippen LogP contribution in [-0.4, -0.2) is 20.0 Å². The van der Waals surface area contributed by atoms with Gasteiger partial charge < -0.3 is 9.47 Å². The van der Waals surface area contributed by atoms with Gasteiger partial charge in [0.1, 0.15) is 24.4 Å². The molecule has 0 aromatic heterocycles. The molecule has 3 heteroatoms. The fraction of sp³-hybridized carbons (Fsp3) is 0.105. The Morgan fingerprint density at radius 2 is 1.82 bits per heavy atom. The minimum Gasteiger partial charge on any atom is -0.497 e. The summed E-state index contributed by atoms with van der Waals surface area (Å²) < 4.78 is 10.7. The van der Waals surface area contributed by atoms with E-state index >= 15 is 0 Å². The van der Waals surface area contributed by atoms with Gasteiger partial charge in [-0.2, -0.15) is 0 Å². The zero-order chi connectivity index (χ0) is 15.4. The number of aldehydes is 1. The van der Waals surface area contributed by atoms with E-state index in [9.17, 15) is 4.79 Å². The number of fused-ring (bicyclic) bond motifs is 1. The number of rotatable bonds is 2. The molecular formula is C19H14O3. The maximum absolute atomic E-state index is 10.8. The van der Waals surface area contributed by atoms with E-state index in [1.165, 1.54) is 0 Å². The SMILES string of the molecule is COc1ccc(C#Cc2ccc3c(c2)OCC(C=O)=C3)cc1. The fourth-order valence-electron chi connectivity index (χ4n) is 2.15. The summed E-state index contributed by atoms with van der Waals surface area (Å²) in [6.45, 7) is 0.311. The molecular weight excluding hydrogens is 276 g/mol. The maximum atomic E-state index is 10.8. The summed E-state index contributed by atoms with van der Waals surface area (Å²) in [7, 11) is 1.64. The van der Waals surface area contributed by atoms with Crippen molar-refractivity contribution < 1.29 is 14.3 Å². The second-order valence-electron chi connectivity index (χ2n) is 4.86. The lowest BCUT2D eigenvalue weighted by Crippen LogP contribution is -2.08. The van der Waals surface area contributed by atoms with Crippen molar-refractivity contribution in [3.8, 4) is 23.3 Å². The number of benzene rings is 2. The minimum atomic E-state index is 0.311. The van der Waals surface area contributed by atoms with Crippen molar-refractivity contribution in [3.05, 3.63) is 64.7 Å². The van der Waals surface area contributed by atoms with Gasteiger partial charge in [-0.25, -0.2) is 0 Å². The lowest BCUT2D eigenvalue weighted by atomic mass is 10.1. The van der Waals surface area contributed by atoms with Crippen molar-refractivity contribution in [1.29, 1.82) is 0 Å². The summed E-state index contributed by atoms with van der Waals surface area (Å²) in [4.78, 5) is 10.8. The van der Waals surface area contributed by atoms with Gasteiger partial charge in [0.25, 0.3) is 0 Å². The molecule has 2 aromatic rings. The third-order valence-electron chi connectivity index (χ3n) is 3.34. The van der Waals surface area contributed by atoms with Crippen LogP contribution in [0.15, 0.2) is 48.0 Å². The molecule has 1 heterocycles. The van der Waals surface area contributed by atoms with E-state index in [4.69, 9.17) is 9.47 Å². The first-order chi connectivity index (χ1) is 10.8. The molecule has 0 amide bonds. The van der Waals surface area contributed by atoms with Gasteiger partial charge >= 0.3 is 0 Å². The molecule has 0 fully saturated rings. The van der Waals surface area contributed by atoms with E-state index in [0.29, 0.717) is 12.2 Å². The number of hydrogen-bond acceptors (Lipinski definition) is 3. The normalized spacial score (nSPS) is 12.1. The Morgan fingerprint density at radius 3 is 2.55 bits per heavy atom. The van der Waals surface area contributed by atoms with Gasteiger partial charge in [0.15, 0.2) is 0 Å². The molecule has 0 aliphatic carbocycles. The molecule has 2 aromatic carbocycles. The summed E-state index contributed by atoms with van der Waals surface area (Å²) in [5.74, 6) is 7.79. The lowest BCUT2D eigenvalue weighted by Gasteiger charge is -2.14. The molecule has 0 radical (unpaired) electrons. The van der Waals surface area contributed by atoms with Crippen molar-refractivity contribution in [2.45, 2.75) is 0 Å². The number of carbonyl (C=O) groups is 1. The maximum Gasteiger partial charge on any atom is 0.149 e. The van der Waals surface area contributed by atoms with Crippen LogP contribution in [0.4, 0.5) is 0 Å². The average Bonchev–Trinajstić information content (AvgIpc) is 2.59. The highest BCUT2D eigenvalue weighted by molar-refractivity contribution is 5.84. The average molecular weight is 290 g/mol. The topological polar surface area (TPSA) is 35.5 Å². The van der Waals surface area contributed by atoms with E-state index in [0.717, 1.165) is 34.5 Å². The fourth-order valence-corrected chi connectivity index (χ4v) is 2.15. The van der Waals surface area contributed by atoms with Crippen molar-refractivity contribution in [2.24, 2.45) is 0 Å². The molecule has 0 saturated carbocycles. The predicted octanol–water partition coefficient (Wildman–Crippen LogP) is 3.07. The summed E-state index contributed by atoms with van der Waals surface area (Å²) >= 11 is 0. The van der Waals surface area contributed by atoms with Gasteiger partial charge in [-0.3, -0.25) is 4.79 Å². The molecule has 0 N–H and O–H groups in total. The molecule has 0 spiro atoms. The standard InChI is InChI=1S/C19H14O3/c1-21-18-8-5-14(6-9-18)2-3-15-4-7-17-10-16(12-20)13-22-19(17)11-15/h4-12H,13H2,1H3. The number of carbonyl (C=O) groups excluding carboxylic acids is 1. The Balaban J connectivity index is 1.84. The highest BCUT2D eigenvalue weighted by Gasteiger charge is 2.10. The van der Waals surface area contributed by atoms with E-state index in [1.54, 1.807) is 7.11 Å². The third-order valence-corrected chi connectivity index (χ3v) is 3.34. The second-order valence-corrected chi connectivity index (χ2v) is 4.86. The minimum absolute atomic E-state index is 0.311. The number of ether oxygens (including phenoxy) is 2. The van der Waals surface area contributed by atoms with Crippen LogP contribution in [0.1, 0.15) is 16.7 Å². The highest BCUT2D eigenvalue weighted by atomic mass is 16.5. The lowest BCUT2D eigenvalue weighted by molar-refractivity contribution is -0.105. The molecule has 3 rings (SSSR count). The number of hydrogen-bond donors (Lipinski definition) is 0. The first-order valence-corrected chi connectivity index (χ1v) is 6.87. The molecule has 0 saturated heterocycles. The monoisotopic (exact) mass is 290 g/mol. The van der Waals surface area contributed by atoms with Gasteiger partial charge in [0, 0.05) is 22.3 Å². The van der Waals surface area contributed by atoms with Crippen LogP contribution in [0.3, 0.4) is 0 Å². The Hall–Kier alpha value is -2.99. The van der Waals surface area contributed by atoms with Crippen LogP contribution >= 0.6 is 0 Å². The molecule has 0 bridgehead atoms. The van der Waals surface area contributed by atoms with Gasteiger partial charge in [0.2, 0.25) is 0 Å². The quantitative estimate of drug-likeness (QED) is 0.630. The summed E-state index contributed by atoms with van der Waals surface area (Å²) in [6, 6.07) is 13.3. The third kappa shape index (κ3) is 3.02. The summed E-state index contributed by atoms with van der Waals surface area (Å²) in [6.07, 6.45) is 2.66. The highest BCUT2D eigenvalue weighted by Crippen LogP contribution is 2.26. The molecule has 0 atom stereocenters. The first kappa shape index (κ1) is 14.0. The van der Waals surface area contributed by atoms with Gasteiger partial charge in [-0.15, -0.1) is 0 Å². The van der Waals surface area contributed by atoms with Gasteiger partial charge in [-0.1, -0.05) is 17.9 Å². The van der Waals surface area contributed by atoms with Gasteiger partial charge in [0.05, 0.1) is 7.11 Å². The second kappa shape index (κ2) is 6.19. The summed E-state index contributed by atoms with van der Waals surface area (Å²) in [5.41, 5.74) is 3.34. The van der Waals surface area contributed by atoms with Crippen molar-refractivity contribution in [1.82, 2.24) is 0 Å². The zero-order valence-electron chi connectivity index (χ0n) is 12.1. The Labute approximate surface area is 129 Å². The van der Waals surface area contributed by atoms with Crippen LogP contribution in [0.5, 0.6) is 11.5 Å². The molecule has 1 aliphatic heterocycles. The Morgan fingerprint density at radius 1 is 1.09 bits per heavy atom.